The molecule has 0 fully saturated rings. The third-order valence-corrected chi connectivity index (χ3v) is 2.04. The van der Waals surface area contributed by atoms with Gasteiger partial charge in [-0.1, -0.05) is 0 Å². The predicted molar refractivity (Wildman–Crippen MR) is 58.0 cm³/mol. The van der Waals surface area contributed by atoms with Crippen LogP contribution in [0.5, 0.6) is 11.6 Å². The molecule has 0 spiro atoms. The monoisotopic (exact) mass is 255 g/mol. The molecule has 18 heavy (non-hydrogen) atoms. The second-order valence-electron chi connectivity index (χ2n) is 3.27. The summed E-state index contributed by atoms with van der Waals surface area (Å²) in [6.45, 7) is 0. The highest BCUT2D eigenvalue weighted by Crippen LogP contribution is 2.24. The summed E-state index contributed by atoms with van der Waals surface area (Å²) in [6.07, 6.45) is 0.911. The van der Waals surface area contributed by atoms with E-state index in [0.29, 0.717) is 0 Å². The first-order valence-corrected chi connectivity index (χ1v) is 4.93. The summed E-state index contributed by atoms with van der Waals surface area (Å²) < 4.78 is 44.0. The molecule has 2 rings (SSSR count). The van der Waals surface area contributed by atoms with Gasteiger partial charge in [0.15, 0.2) is 11.6 Å². The first-order valence-electron chi connectivity index (χ1n) is 4.93. The molecule has 0 unspecified atom stereocenters. The Kier molecular flexibility index (Phi) is 3.31. The van der Waals surface area contributed by atoms with E-state index in [2.05, 4.69) is 15.3 Å². The minimum absolute atomic E-state index is 0.0615. The summed E-state index contributed by atoms with van der Waals surface area (Å²) in [5, 5.41) is 2.60. The maximum atomic E-state index is 13.3. The average Bonchev–Trinajstić information content (AvgIpc) is 2.36. The molecule has 1 N–H and O–H groups in total. The molecule has 0 saturated carbocycles. The summed E-state index contributed by atoms with van der Waals surface area (Å²) in [6, 6.07) is 2.84. The van der Waals surface area contributed by atoms with E-state index in [4.69, 9.17) is 4.74 Å². The first-order chi connectivity index (χ1) is 8.60. The number of ether oxygens (including phenoxy) is 1. The Bertz CT molecular complexity index is 577. The third-order valence-electron chi connectivity index (χ3n) is 2.04. The van der Waals surface area contributed by atoms with Crippen LogP contribution in [0.25, 0.3) is 0 Å². The Labute approximate surface area is 100 Å². The molecule has 1 aromatic heterocycles. The van der Waals surface area contributed by atoms with E-state index in [1.165, 1.54) is 6.07 Å². The van der Waals surface area contributed by atoms with Gasteiger partial charge >= 0.3 is 0 Å². The van der Waals surface area contributed by atoms with Crippen molar-refractivity contribution < 1.29 is 17.9 Å². The Hall–Kier alpha value is -2.31. The Balaban J connectivity index is 2.30. The van der Waals surface area contributed by atoms with Gasteiger partial charge in [-0.05, 0) is 12.1 Å². The lowest BCUT2D eigenvalue weighted by Crippen LogP contribution is -2.00. The zero-order valence-electron chi connectivity index (χ0n) is 9.25. The number of hydrogen-bond acceptors (Lipinski definition) is 4. The van der Waals surface area contributed by atoms with Crippen LogP contribution in [0.4, 0.5) is 19.1 Å². The molecule has 0 bridgehead atoms. The predicted octanol–water partition coefficient (Wildman–Crippen LogP) is 2.73. The van der Waals surface area contributed by atoms with E-state index in [9.17, 15) is 13.2 Å². The number of nitrogens with zero attached hydrogens (tertiary/aromatic N) is 2. The van der Waals surface area contributed by atoms with Gasteiger partial charge in [0, 0.05) is 13.1 Å². The van der Waals surface area contributed by atoms with Crippen LogP contribution in [0.15, 0.2) is 24.4 Å². The number of aromatic nitrogens is 2. The van der Waals surface area contributed by atoms with Gasteiger partial charge in [0.05, 0.1) is 6.20 Å². The smallest absolute Gasteiger partial charge is 0.260 e. The van der Waals surface area contributed by atoms with E-state index in [0.717, 1.165) is 18.3 Å². The molecule has 0 saturated heterocycles. The van der Waals surface area contributed by atoms with E-state index in [1.807, 2.05) is 0 Å². The first kappa shape index (κ1) is 12.2. The Morgan fingerprint density at radius 1 is 1.11 bits per heavy atom. The molecule has 2 aromatic rings. The van der Waals surface area contributed by atoms with E-state index < -0.39 is 17.5 Å². The topological polar surface area (TPSA) is 47.0 Å². The van der Waals surface area contributed by atoms with Gasteiger partial charge in [-0.25, -0.2) is 13.8 Å². The number of hydrogen-bond donors (Lipinski definition) is 1. The molecule has 1 aromatic carbocycles. The highest BCUT2D eigenvalue weighted by atomic mass is 19.2. The number of benzene rings is 1. The van der Waals surface area contributed by atoms with Crippen LogP contribution in [0.2, 0.25) is 0 Å². The molecule has 4 nitrogen and oxygen atoms in total. The van der Waals surface area contributed by atoms with Crippen molar-refractivity contribution in [2.45, 2.75) is 0 Å². The largest absolute Gasteiger partial charge is 0.436 e. The molecule has 0 aliphatic rings. The van der Waals surface area contributed by atoms with Crippen molar-refractivity contribution in [3.05, 3.63) is 41.8 Å². The normalized spacial score (nSPS) is 10.2. The van der Waals surface area contributed by atoms with Gasteiger partial charge in [0.2, 0.25) is 11.8 Å². The molecule has 0 amide bonds. The fourth-order valence-corrected chi connectivity index (χ4v) is 1.20. The summed E-state index contributed by atoms with van der Waals surface area (Å²) in [5.74, 6) is -3.20. The van der Waals surface area contributed by atoms with Crippen LogP contribution in [-0.4, -0.2) is 17.0 Å². The molecule has 7 heteroatoms. The van der Waals surface area contributed by atoms with Crippen molar-refractivity contribution in [2.75, 3.05) is 12.4 Å². The molecule has 0 aliphatic heterocycles. The fraction of sp³-hybridized carbons (Fsp3) is 0.0909. The van der Waals surface area contributed by atoms with Gasteiger partial charge in [-0.2, -0.15) is 9.37 Å². The second kappa shape index (κ2) is 4.91. The molecular formula is C11H8F3N3O. The van der Waals surface area contributed by atoms with Gasteiger partial charge < -0.3 is 10.1 Å². The zero-order chi connectivity index (χ0) is 13.1. The summed E-state index contributed by atoms with van der Waals surface area (Å²) in [4.78, 5) is 7.32. The Morgan fingerprint density at radius 2 is 1.89 bits per heavy atom. The SMILES string of the molecule is CNc1ncc(F)c(Oc2ccc(F)c(F)c2)n1. The molecule has 0 atom stereocenters. The van der Waals surface area contributed by atoms with Crippen molar-refractivity contribution in [1.82, 2.24) is 9.97 Å². The maximum Gasteiger partial charge on any atom is 0.260 e. The highest BCUT2D eigenvalue weighted by molar-refractivity contribution is 5.32. The average molecular weight is 255 g/mol. The lowest BCUT2D eigenvalue weighted by molar-refractivity contribution is 0.413. The molecule has 0 aliphatic carbocycles. The van der Waals surface area contributed by atoms with Gasteiger partial charge in [-0.3, -0.25) is 0 Å². The summed E-state index contributed by atoms with van der Waals surface area (Å²) >= 11 is 0. The molecule has 1 heterocycles. The lowest BCUT2D eigenvalue weighted by Gasteiger charge is -2.07. The minimum Gasteiger partial charge on any atom is -0.436 e. The van der Waals surface area contributed by atoms with Gasteiger partial charge in [-0.15, -0.1) is 0 Å². The summed E-state index contributed by atoms with van der Waals surface area (Å²) in [7, 11) is 1.55. The van der Waals surface area contributed by atoms with Crippen molar-refractivity contribution in [2.24, 2.45) is 0 Å². The summed E-state index contributed by atoms with van der Waals surface area (Å²) in [5.41, 5.74) is 0. The lowest BCUT2D eigenvalue weighted by atomic mass is 10.3. The van der Waals surface area contributed by atoms with Crippen molar-refractivity contribution in [3.8, 4) is 11.6 Å². The quantitative estimate of drug-likeness (QED) is 0.916. The van der Waals surface area contributed by atoms with Gasteiger partial charge in [0.1, 0.15) is 5.75 Å². The van der Waals surface area contributed by atoms with Crippen molar-refractivity contribution >= 4 is 5.95 Å². The number of rotatable bonds is 3. The number of halogens is 3. The van der Waals surface area contributed by atoms with Crippen LogP contribution in [-0.2, 0) is 0 Å². The zero-order valence-corrected chi connectivity index (χ0v) is 9.25. The number of anilines is 1. The molecule has 0 radical (unpaired) electrons. The van der Waals surface area contributed by atoms with Crippen molar-refractivity contribution in [3.63, 3.8) is 0 Å². The van der Waals surface area contributed by atoms with Crippen LogP contribution >= 0.6 is 0 Å². The van der Waals surface area contributed by atoms with E-state index in [-0.39, 0.29) is 17.6 Å². The molecular weight excluding hydrogens is 247 g/mol. The van der Waals surface area contributed by atoms with Gasteiger partial charge in [0.25, 0.3) is 5.88 Å². The van der Waals surface area contributed by atoms with E-state index >= 15 is 0 Å². The standard InChI is InChI=1S/C11H8F3N3O/c1-15-11-16-5-9(14)10(17-11)18-6-2-3-7(12)8(13)4-6/h2-5H,1H3,(H,15,16,17). The van der Waals surface area contributed by atoms with Crippen LogP contribution in [0, 0.1) is 17.5 Å². The van der Waals surface area contributed by atoms with Crippen LogP contribution in [0.3, 0.4) is 0 Å². The molecule has 94 valence electrons. The minimum atomic E-state index is -1.09. The van der Waals surface area contributed by atoms with Crippen molar-refractivity contribution in [1.29, 1.82) is 0 Å². The highest BCUT2D eigenvalue weighted by Gasteiger charge is 2.10. The van der Waals surface area contributed by atoms with Crippen LogP contribution in [0.1, 0.15) is 0 Å². The van der Waals surface area contributed by atoms with E-state index in [1.54, 1.807) is 7.05 Å². The Morgan fingerprint density at radius 3 is 2.56 bits per heavy atom. The number of nitrogens with one attached hydrogen (secondary N) is 1. The fourth-order valence-electron chi connectivity index (χ4n) is 1.20. The second-order valence-corrected chi connectivity index (χ2v) is 3.27. The third kappa shape index (κ3) is 2.50. The maximum absolute atomic E-state index is 13.3. The van der Waals surface area contributed by atoms with Crippen LogP contribution < -0.4 is 10.1 Å².